The molecule has 0 spiro atoms. The van der Waals surface area contributed by atoms with E-state index in [9.17, 15) is 4.79 Å². The van der Waals surface area contributed by atoms with Crippen LogP contribution >= 0.6 is 22.6 Å². The predicted octanol–water partition coefficient (Wildman–Crippen LogP) is 1.02. The van der Waals surface area contributed by atoms with Gasteiger partial charge >= 0.3 is 6.09 Å². The normalized spacial score (nSPS) is 19.2. The van der Waals surface area contributed by atoms with Crippen molar-refractivity contribution in [3.8, 4) is 0 Å². The summed E-state index contributed by atoms with van der Waals surface area (Å²) in [5.41, 5.74) is 0. The Morgan fingerprint density at radius 3 is 2.94 bits per heavy atom. The molecule has 2 rings (SSSR count). The number of hydrogen-bond donors (Lipinski definition) is 1. The number of carbonyl (C=O) groups is 1. The van der Waals surface area contributed by atoms with Crippen molar-refractivity contribution < 1.29 is 9.53 Å². The Balaban J connectivity index is 1.93. The van der Waals surface area contributed by atoms with Crippen LogP contribution in [0, 0.1) is 3.57 Å². The van der Waals surface area contributed by atoms with E-state index in [1.807, 2.05) is 0 Å². The summed E-state index contributed by atoms with van der Waals surface area (Å²) in [7, 11) is 1.37. The molecule has 1 aromatic heterocycles. The van der Waals surface area contributed by atoms with E-state index in [1.54, 1.807) is 12.4 Å². The zero-order chi connectivity index (χ0) is 12.3. The van der Waals surface area contributed by atoms with Crippen molar-refractivity contribution in [3.63, 3.8) is 0 Å². The van der Waals surface area contributed by atoms with Gasteiger partial charge in [-0.3, -0.25) is 0 Å². The smallest absolute Gasteiger partial charge is 0.407 e. The zero-order valence-corrected chi connectivity index (χ0v) is 11.5. The van der Waals surface area contributed by atoms with E-state index in [1.165, 1.54) is 7.11 Å². The third-order valence-electron chi connectivity index (χ3n) is 2.59. The van der Waals surface area contributed by atoms with Gasteiger partial charge in [-0.25, -0.2) is 14.8 Å². The number of hydrogen-bond acceptors (Lipinski definition) is 5. The van der Waals surface area contributed by atoms with Crippen molar-refractivity contribution in [1.29, 1.82) is 0 Å². The molecule has 6 nitrogen and oxygen atoms in total. The van der Waals surface area contributed by atoms with Gasteiger partial charge in [0, 0.05) is 29.1 Å². The molecule has 1 aliphatic rings. The minimum Gasteiger partial charge on any atom is -0.453 e. The Morgan fingerprint density at radius 1 is 1.59 bits per heavy atom. The number of alkyl carbamates (subject to hydrolysis) is 1. The highest BCUT2D eigenvalue weighted by atomic mass is 127. The number of ether oxygens (including phenoxy) is 1. The fourth-order valence-electron chi connectivity index (χ4n) is 1.75. The second-order valence-corrected chi connectivity index (χ2v) is 5.01. The lowest BCUT2D eigenvalue weighted by atomic mass is 10.3. The monoisotopic (exact) mass is 348 g/mol. The van der Waals surface area contributed by atoms with Gasteiger partial charge in [0.05, 0.1) is 13.2 Å². The zero-order valence-electron chi connectivity index (χ0n) is 9.39. The van der Waals surface area contributed by atoms with Crippen molar-refractivity contribution >= 4 is 34.6 Å². The van der Waals surface area contributed by atoms with Crippen LogP contribution in [0.2, 0.25) is 0 Å². The first-order valence-corrected chi connectivity index (χ1v) is 6.34. The maximum absolute atomic E-state index is 11.1. The van der Waals surface area contributed by atoms with E-state index in [0.29, 0.717) is 5.95 Å². The maximum Gasteiger partial charge on any atom is 0.407 e. The molecule has 1 N–H and O–H groups in total. The largest absolute Gasteiger partial charge is 0.453 e. The number of nitrogens with zero attached hydrogens (tertiary/aromatic N) is 3. The molecular formula is C10H13IN4O2. The van der Waals surface area contributed by atoms with Gasteiger partial charge in [0.25, 0.3) is 0 Å². The number of halogens is 1. The molecule has 1 atom stereocenters. The van der Waals surface area contributed by atoms with Crippen LogP contribution in [0.25, 0.3) is 0 Å². The van der Waals surface area contributed by atoms with Gasteiger partial charge in [-0.05, 0) is 29.0 Å². The molecule has 1 fully saturated rings. The van der Waals surface area contributed by atoms with Gasteiger partial charge in [-0.1, -0.05) is 0 Å². The molecule has 17 heavy (non-hydrogen) atoms. The Morgan fingerprint density at radius 2 is 2.29 bits per heavy atom. The van der Waals surface area contributed by atoms with Gasteiger partial charge in [0.15, 0.2) is 0 Å². The van der Waals surface area contributed by atoms with Gasteiger partial charge < -0.3 is 15.0 Å². The van der Waals surface area contributed by atoms with Gasteiger partial charge in [-0.2, -0.15) is 0 Å². The Hall–Kier alpha value is -1.12. The molecule has 1 aromatic rings. The van der Waals surface area contributed by atoms with E-state index >= 15 is 0 Å². The molecule has 2 heterocycles. The van der Waals surface area contributed by atoms with Crippen LogP contribution in [0.5, 0.6) is 0 Å². The number of carbonyl (C=O) groups excluding carboxylic acids is 1. The van der Waals surface area contributed by atoms with Crippen LogP contribution < -0.4 is 10.2 Å². The first-order valence-electron chi connectivity index (χ1n) is 5.26. The summed E-state index contributed by atoms with van der Waals surface area (Å²) in [4.78, 5) is 21.6. The molecular weight excluding hydrogens is 335 g/mol. The van der Waals surface area contributed by atoms with E-state index in [2.05, 4.69) is 47.5 Å². The second kappa shape index (κ2) is 5.48. The summed E-state index contributed by atoms with van der Waals surface area (Å²) >= 11 is 2.17. The maximum atomic E-state index is 11.1. The average Bonchev–Trinajstić information content (AvgIpc) is 2.78. The molecule has 7 heteroatoms. The van der Waals surface area contributed by atoms with Crippen molar-refractivity contribution in [2.75, 3.05) is 25.1 Å². The number of methoxy groups -OCH3 is 1. The number of anilines is 1. The number of rotatable bonds is 2. The topological polar surface area (TPSA) is 67.3 Å². The fourth-order valence-corrected chi connectivity index (χ4v) is 2.03. The second-order valence-electron chi connectivity index (χ2n) is 3.77. The fraction of sp³-hybridized carbons (Fsp3) is 0.500. The SMILES string of the molecule is COC(=O)NC1CCN(c2ncc(I)cn2)C1. The molecule has 0 bridgehead atoms. The van der Waals surface area contributed by atoms with Crippen LogP contribution in [0.1, 0.15) is 6.42 Å². The Bertz CT molecular complexity index is 398. The standard InChI is InChI=1S/C10H13IN4O2/c1-17-10(16)14-8-2-3-15(6-8)9-12-4-7(11)5-13-9/h4-5,8H,2-3,6H2,1H3,(H,14,16). The number of aromatic nitrogens is 2. The van der Waals surface area contributed by atoms with Crippen LogP contribution in [0.4, 0.5) is 10.7 Å². The molecule has 1 aliphatic heterocycles. The van der Waals surface area contributed by atoms with E-state index < -0.39 is 0 Å². The third-order valence-corrected chi connectivity index (χ3v) is 3.14. The first kappa shape index (κ1) is 12.3. The molecule has 92 valence electrons. The van der Waals surface area contributed by atoms with Crippen molar-refractivity contribution in [3.05, 3.63) is 16.0 Å². The van der Waals surface area contributed by atoms with Crippen LogP contribution in [-0.4, -0.2) is 42.3 Å². The van der Waals surface area contributed by atoms with Gasteiger partial charge in [0.2, 0.25) is 5.95 Å². The molecule has 0 aromatic carbocycles. The van der Waals surface area contributed by atoms with Crippen LogP contribution in [0.3, 0.4) is 0 Å². The summed E-state index contributed by atoms with van der Waals surface area (Å²) in [5, 5.41) is 2.78. The van der Waals surface area contributed by atoms with Crippen LogP contribution in [0.15, 0.2) is 12.4 Å². The van der Waals surface area contributed by atoms with E-state index in [0.717, 1.165) is 23.1 Å². The van der Waals surface area contributed by atoms with Crippen molar-refractivity contribution in [2.24, 2.45) is 0 Å². The summed E-state index contributed by atoms with van der Waals surface area (Å²) in [6.45, 7) is 1.56. The van der Waals surface area contributed by atoms with Crippen LogP contribution in [-0.2, 0) is 4.74 Å². The molecule has 1 saturated heterocycles. The minimum absolute atomic E-state index is 0.102. The molecule has 0 saturated carbocycles. The minimum atomic E-state index is -0.389. The Labute approximate surface area is 113 Å². The number of nitrogens with one attached hydrogen (secondary N) is 1. The predicted molar refractivity (Wildman–Crippen MR) is 70.9 cm³/mol. The molecule has 0 aliphatic carbocycles. The number of amides is 1. The van der Waals surface area contributed by atoms with Gasteiger partial charge in [0.1, 0.15) is 0 Å². The quantitative estimate of drug-likeness (QED) is 0.809. The Kier molecular flexibility index (Phi) is 3.97. The molecule has 1 amide bonds. The summed E-state index contributed by atoms with van der Waals surface area (Å²) in [6, 6.07) is 0.102. The van der Waals surface area contributed by atoms with E-state index in [-0.39, 0.29) is 12.1 Å². The molecule has 0 radical (unpaired) electrons. The van der Waals surface area contributed by atoms with Crippen molar-refractivity contribution in [1.82, 2.24) is 15.3 Å². The first-order chi connectivity index (χ1) is 8.19. The lowest BCUT2D eigenvalue weighted by molar-refractivity contribution is 0.167. The van der Waals surface area contributed by atoms with E-state index in [4.69, 9.17) is 0 Å². The summed E-state index contributed by atoms with van der Waals surface area (Å²) in [5.74, 6) is 0.708. The third kappa shape index (κ3) is 3.18. The highest BCUT2D eigenvalue weighted by Crippen LogP contribution is 2.16. The summed E-state index contributed by atoms with van der Waals surface area (Å²) < 4.78 is 5.58. The summed E-state index contributed by atoms with van der Waals surface area (Å²) in [6.07, 6.45) is 4.05. The average molecular weight is 348 g/mol. The molecule has 1 unspecified atom stereocenters. The van der Waals surface area contributed by atoms with Crippen molar-refractivity contribution in [2.45, 2.75) is 12.5 Å². The highest BCUT2D eigenvalue weighted by molar-refractivity contribution is 14.1. The highest BCUT2D eigenvalue weighted by Gasteiger charge is 2.25. The van der Waals surface area contributed by atoms with Gasteiger partial charge in [-0.15, -0.1) is 0 Å². The lowest BCUT2D eigenvalue weighted by Gasteiger charge is -2.16. The lowest BCUT2D eigenvalue weighted by Crippen LogP contribution is -2.37.